The minimum atomic E-state index is 0.219. The number of nitrogens with zero attached hydrogens (tertiary/aromatic N) is 1. The maximum atomic E-state index is 3.69. The zero-order valence-corrected chi connectivity index (χ0v) is 15.6. The minimum Gasteiger partial charge on any atom is -0.320 e. The predicted octanol–water partition coefficient (Wildman–Crippen LogP) is 2.06. The van der Waals surface area contributed by atoms with Gasteiger partial charge in [-0.2, -0.15) is 0 Å². The molecule has 0 fully saturated rings. The van der Waals surface area contributed by atoms with Crippen molar-refractivity contribution < 1.29 is 0 Å². The van der Waals surface area contributed by atoms with Crippen LogP contribution in [-0.4, -0.2) is 63.3 Å². The number of hydrogen-bond donors (Lipinski definition) is 3. The molecule has 128 valence electrons. The average molecular weight is 301 g/mol. The summed E-state index contributed by atoms with van der Waals surface area (Å²) in [6, 6.07) is 0. The lowest BCUT2D eigenvalue weighted by Gasteiger charge is -2.38. The van der Waals surface area contributed by atoms with Gasteiger partial charge in [-0.05, 0) is 101 Å². The molecule has 0 atom stereocenters. The lowest BCUT2D eigenvalue weighted by atomic mass is 9.88. The van der Waals surface area contributed by atoms with Crippen molar-refractivity contribution in [2.45, 2.75) is 64.5 Å². The van der Waals surface area contributed by atoms with E-state index in [-0.39, 0.29) is 11.1 Å². The first-order chi connectivity index (χ1) is 9.75. The summed E-state index contributed by atoms with van der Waals surface area (Å²) < 4.78 is 0. The summed E-state index contributed by atoms with van der Waals surface area (Å²) in [6.45, 7) is 13.8. The van der Waals surface area contributed by atoms with Gasteiger partial charge in [-0.1, -0.05) is 0 Å². The van der Waals surface area contributed by atoms with Gasteiger partial charge < -0.3 is 20.9 Å². The Bertz CT molecular complexity index is 251. The van der Waals surface area contributed by atoms with E-state index in [0.29, 0.717) is 0 Å². The fourth-order valence-electron chi connectivity index (χ4n) is 2.39. The molecule has 3 N–H and O–H groups in total. The summed E-state index contributed by atoms with van der Waals surface area (Å²) in [7, 11) is 6.29. The summed E-state index contributed by atoms with van der Waals surface area (Å²) in [6.07, 6.45) is 4.82. The molecule has 0 aromatic carbocycles. The molecule has 4 heteroatoms. The molecule has 0 aliphatic rings. The van der Waals surface area contributed by atoms with Gasteiger partial charge in [0.05, 0.1) is 0 Å². The van der Waals surface area contributed by atoms with Crippen LogP contribution in [0.1, 0.15) is 53.4 Å². The molecule has 4 nitrogen and oxygen atoms in total. The van der Waals surface area contributed by atoms with Gasteiger partial charge in [0.2, 0.25) is 0 Å². The topological polar surface area (TPSA) is 39.3 Å². The zero-order chi connectivity index (χ0) is 16.4. The van der Waals surface area contributed by atoms with Gasteiger partial charge in [-0.25, -0.2) is 0 Å². The fourth-order valence-corrected chi connectivity index (χ4v) is 2.39. The Morgan fingerprint density at radius 1 is 0.810 bits per heavy atom. The summed E-state index contributed by atoms with van der Waals surface area (Å²) >= 11 is 0. The van der Waals surface area contributed by atoms with Crippen LogP contribution in [0.15, 0.2) is 0 Å². The lowest BCUT2D eigenvalue weighted by molar-refractivity contribution is 0.129. The molecule has 0 rings (SSSR count). The number of nitrogens with one attached hydrogen (secondary N) is 3. The van der Waals surface area contributed by atoms with Crippen molar-refractivity contribution in [2.24, 2.45) is 0 Å². The van der Waals surface area contributed by atoms with Crippen LogP contribution in [-0.2, 0) is 0 Å². The molecule has 0 unspecified atom stereocenters. The van der Waals surface area contributed by atoms with E-state index in [9.17, 15) is 0 Å². The standard InChI is InChI=1S/C17H40N4/c1-16(2,20-14-8-12-18-5)10-11-17(3,4)21(7)15-9-13-19-6/h18-20H,8-15H2,1-7H3. The molecular weight excluding hydrogens is 260 g/mol. The van der Waals surface area contributed by atoms with Crippen LogP contribution in [0.3, 0.4) is 0 Å². The van der Waals surface area contributed by atoms with Gasteiger partial charge in [0.25, 0.3) is 0 Å². The van der Waals surface area contributed by atoms with E-state index in [1.54, 1.807) is 0 Å². The monoisotopic (exact) mass is 300 g/mol. The summed E-state index contributed by atoms with van der Waals surface area (Å²) in [5.74, 6) is 0. The van der Waals surface area contributed by atoms with Crippen LogP contribution in [0.2, 0.25) is 0 Å². The molecule has 0 aliphatic carbocycles. The van der Waals surface area contributed by atoms with Crippen molar-refractivity contribution in [2.75, 3.05) is 47.3 Å². The van der Waals surface area contributed by atoms with Gasteiger partial charge in [-0.15, -0.1) is 0 Å². The zero-order valence-electron chi connectivity index (χ0n) is 15.6. The second kappa shape index (κ2) is 10.5. The molecule has 0 bridgehead atoms. The lowest BCUT2D eigenvalue weighted by Crippen LogP contribution is -2.46. The molecule has 0 saturated heterocycles. The molecule has 0 radical (unpaired) electrons. The van der Waals surface area contributed by atoms with Crippen LogP contribution in [0.5, 0.6) is 0 Å². The van der Waals surface area contributed by atoms with Gasteiger partial charge in [0.1, 0.15) is 0 Å². The van der Waals surface area contributed by atoms with Crippen molar-refractivity contribution >= 4 is 0 Å². The quantitative estimate of drug-likeness (QED) is 0.455. The van der Waals surface area contributed by atoms with Gasteiger partial charge in [-0.3, -0.25) is 0 Å². The van der Waals surface area contributed by atoms with E-state index in [2.05, 4.69) is 55.6 Å². The Kier molecular flexibility index (Phi) is 10.5. The third-order valence-corrected chi connectivity index (χ3v) is 4.52. The highest BCUT2D eigenvalue weighted by Gasteiger charge is 2.26. The molecule has 0 aromatic rings. The van der Waals surface area contributed by atoms with E-state index in [4.69, 9.17) is 0 Å². The first kappa shape index (κ1) is 20.8. The second-order valence-corrected chi connectivity index (χ2v) is 7.46. The van der Waals surface area contributed by atoms with Crippen molar-refractivity contribution in [3.05, 3.63) is 0 Å². The third kappa shape index (κ3) is 10.2. The molecular formula is C17H40N4. The van der Waals surface area contributed by atoms with Gasteiger partial charge >= 0.3 is 0 Å². The van der Waals surface area contributed by atoms with E-state index in [1.165, 1.54) is 25.7 Å². The SMILES string of the molecule is CNCCCNC(C)(C)CCC(C)(C)N(C)CCCNC. The molecule has 0 aliphatic heterocycles. The smallest absolute Gasteiger partial charge is 0.0150 e. The Hall–Kier alpha value is -0.160. The molecule has 0 aromatic heterocycles. The van der Waals surface area contributed by atoms with Gasteiger partial charge in [0, 0.05) is 11.1 Å². The molecule has 21 heavy (non-hydrogen) atoms. The molecule has 0 amide bonds. The van der Waals surface area contributed by atoms with Crippen molar-refractivity contribution in [3.8, 4) is 0 Å². The number of hydrogen-bond acceptors (Lipinski definition) is 4. The Labute approximate surface area is 133 Å². The van der Waals surface area contributed by atoms with E-state index in [1.807, 2.05) is 14.1 Å². The maximum Gasteiger partial charge on any atom is 0.0150 e. The highest BCUT2D eigenvalue weighted by Crippen LogP contribution is 2.23. The largest absolute Gasteiger partial charge is 0.320 e. The van der Waals surface area contributed by atoms with Crippen LogP contribution in [0, 0.1) is 0 Å². The van der Waals surface area contributed by atoms with Crippen molar-refractivity contribution in [1.29, 1.82) is 0 Å². The summed E-state index contributed by atoms with van der Waals surface area (Å²) in [5.41, 5.74) is 0.481. The van der Waals surface area contributed by atoms with E-state index in [0.717, 1.165) is 26.2 Å². The normalized spacial score (nSPS) is 13.1. The predicted molar refractivity (Wildman–Crippen MR) is 95.1 cm³/mol. The molecule has 0 heterocycles. The van der Waals surface area contributed by atoms with E-state index < -0.39 is 0 Å². The highest BCUT2D eigenvalue weighted by molar-refractivity contribution is 4.86. The van der Waals surface area contributed by atoms with Crippen LogP contribution in [0.25, 0.3) is 0 Å². The Balaban J connectivity index is 4.07. The first-order valence-corrected chi connectivity index (χ1v) is 8.50. The molecule has 0 spiro atoms. The van der Waals surface area contributed by atoms with Crippen molar-refractivity contribution in [1.82, 2.24) is 20.9 Å². The Morgan fingerprint density at radius 2 is 1.38 bits per heavy atom. The minimum absolute atomic E-state index is 0.219. The first-order valence-electron chi connectivity index (χ1n) is 8.50. The maximum absolute atomic E-state index is 3.69. The summed E-state index contributed by atoms with van der Waals surface area (Å²) in [4.78, 5) is 2.50. The third-order valence-electron chi connectivity index (χ3n) is 4.52. The van der Waals surface area contributed by atoms with Crippen LogP contribution in [0.4, 0.5) is 0 Å². The average Bonchev–Trinajstić information content (AvgIpc) is 2.42. The Morgan fingerprint density at radius 3 is 1.95 bits per heavy atom. The van der Waals surface area contributed by atoms with Gasteiger partial charge in [0.15, 0.2) is 0 Å². The van der Waals surface area contributed by atoms with Crippen LogP contribution >= 0.6 is 0 Å². The van der Waals surface area contributed by atoms with Crippen LogP contribution < -0.4 is 16.0 Å². The fraction of sp³-hybridized carbons (Fsp3) is 1.00. The summed E-state index contributed by atoms with van der Waals surface area (Å²) in [5, 5.41) is 10.1. The molecule has 0 saturated carbocycles. The second-order valence-electron chi connectivity index (χ2n) is 7.46. The highest BCUT2D eigenvalue weighted by atomic mass is 15.2. The number of rotatable bonds is 13. The van der Waals surface area contributed by atoms with Crippen molar-refractivity contribution in [3.63, 3.8) is 0 Å². The van der Waals surface area contributed by atoms with E-state index >= 15 is 0 Å².